The Labute approximate surface area is 115 Å². The molecular formula is C16H24FNO. The van der Waals surface area contributed by atoms with E-state index in [1.54, 1.807) is 12.1 Å². The Morgan fingerprint density at radius 2 is 2.11 bits per heavy atom. The third-order valence-corrected chi connectivity index (χ3v) is 4.38. The predicted octanol–water partition coefficient (Wildman–Crippen LogP) is 3.42. The SMILES string of the molecule is CCC(NCC1(CO)CCCC1)c1cccc(F)c1. The van der Waals surface area contributed by atoms with Gasteiger partial charge in [-0.25, -0.2) is 4.39 Å². The smallest absolute Gasteiger partial charge is 0.123 e. The normalized spacial score (nSPS) is 19.5. The van der Waals surface area contributed by atoms with Gasteiger partial charge in [-0.1, -0.05) is 31.9 Å². The van der Waals surface area contributed by atoms with Crippen molar-refractivity contribution in [1.82, 2.24) is 5.32 Å². The van der Waals surface area contributed by atoms with E-state index in [1.807, 2.05) is 6.07 Å². The molecule has 2 nitrogen and oxygen atoms in total. The van der Waals surface area contributed by atoms with Gasteiger partial charge in [-0.05, 0) is 37.0 Å². The van der Waals surface area contributed by atoms with Gasteiger partial charge in [-0.3, -0.25) is 0 Å². The number of aliphatic hydroxyl groups is 1. The van der Waals surface area contributed by atoms with E-state index in [-0.39, 0.29) is 23.9 Å². The average molecular weight is 265 g/mol. The second kappa shape index (κ2) is 6.49. The highest BCUT2D eigenvalue weighted by Crippen LogP contribution is 2.37. The molecule has 1 aromatic carbocycles. The van der Waals surface area contributed by atoms with Crippen LogP contribution in [-0.2, 0) is 0 Å². The van der Waals surface area contributed by atoms with Crippen LogP contribution in [0.4, 0.5) is 4.39 Å². The summed E-state index contributed by atoms with van der Waals surface area (Å²) >= 11 is 0. The van der Waals surface area contributed by atoms with Crippen LogP contribution in [0.25, 0.3) is 0 Å². The topological polar surface area (TPSA) is 32.3 Å². The van der Waals surface area contributed by atoms with E-state index in [0.717, 1.165) is 31.4 Å². The van der Waals surface area contributed by atoms with E-state index in [2.05, 4.69) is 12.2 Å². The number of nitrogens with one attached hydrogen (secondary N) is 1. The summed E-state index contributed by atoms with van der Waals surface area (Å²) in [5.41, 5.74) is 1.04. The molecular weight excluding hydrogens is 241 g/mol. The largest absolute Gasteiger partial charge is 0.396 e. The van der Waals surface area contributed by atoms with E-state index in [4.69, 9.17) is 0 Å². The fraction of sp³-hybridized carbons (Fsp3) is 0.625. The average Bonchev–Trinajstić information content (AvgIpc) is 2.89. The van der Waals surface area contributed by atoms with E-state index in [9.17, 15) is 9.50 Å². The molecule has 19 heavy (non-hydrogen) atoms. The number of halogens is 1. The summed E-state index contributed by atoms with van der Waals surface area (Å²) in [5.74, 6) is -0.185. The van der Waals surface area contributed by atoms with Crippen LogP contribution in [0.2, 0.25) is 0 Å². The molecule has 0 amide bonds. The Bertz CT molecular complexity index is 401. The summed E-state index contributed by atoms with van der Waals surface area (Å²) in [6.07, 6.45) is 5.52. The quantitative estimate of drug-likeness (QED) is 0.826. The van der Waals surface area contributed by atoms with E-state index in [0.29, 0.717) is 0 Å². The second-order valence-corrected chi connectivity index (χ2v) is 5.76. The van der Waals surface area contributed by atoms with Crippen molar-refractivity contribution in [1.29, 1.82) is 0 Å². The van der Waals surface area contributed by atoms with Crippen molar-refractivity contribution in [3.05, 3.63) is 35.6 Å². The van der Waals surface area contributed by atoms with Gasteiger partial charge in [0.25, 0.3) is 0 Å². The third kappa shape index (κ3) is 3.54. The Kier molecular flexibility index (Phi) is 4.94. The van der Waals surface area contributed by atoms with Crippen LogP contribution in [0.15, 0.2) is 24.3 Å². The van der Waals surface area contributed by atoms with Crippen molar-refractivity contribution in [2.45, 2.75) is 45.1 Å². The van der Waals surface area contributed by atoms with Crippen LogP contribution in [0.5, 0.6) is 0 Å². The van der Waals surface area contributed by atoms with Crippen LogP contribution in [0.3, 0.4) is 0 Å². The Morgan fingerprint density at radius 1 is 1.37 bits per heavy atom. The van der Waals surface area contributed by atoms with E-state index in [1.165, 1.54) is 18.9 Å². The monoisotopic (exact) mass is 265 g/mol. The molecule has 1 fully saturated rings. The molecule has 1 aromatic rings. The van der Waals surface area contributed by atoms with Crippen LogP contribution >= 0.6 is 0 Å². The first-order chi connectivity index (χ1) is 9.19. The summed E-state index contributed by atoms with van der Waals surface area (Å²) in [4.78, 5) is 0. The van der Waals surface area contributed by atoms with E-state index < -0.39 is 0 Å². The molecule has 2 N–H and O–H groups in total. The highest BCUT2D eigenvalue weighted by Gasteiger charge is 2.33. The van der Waals surface area contributed by atoms with Gasteiger partial charge >= 0.3 is 0 Å². The zero-order valence-corrected chi connectivity index (χ0v) is 11.7. The first kappa shape index (κ1) is 14.5. The zero-order chi connectivity index (χ0) is 13.7. The predicted molar refractivity (Wildman–Crippen MR) is 75.4 cm³/mol. The summed E-state index contributed by atoms with van der Waals surface area (Å²) in [6, 6.07) is 6.96. The Morgan fingerprint density at radius 3 is 2.68 bits per heavy atom. The van der Waals surface area contributed by atoms with Crippen molar-refractivity contribution in [3.8, 4) is 0 Å². The summed E-state index contributed by atoms with van der Waals surface area (Å²) in [7, 11) is 0. The second-order valence-electron chi connectivity index (χ2n) is 5.76. The number of rotatable bonds is 6. The molecule has 1 aliphatic rings. The van der Waals surface area contributed by atoms with Crippen LogP contribution in [-0.4, -0.2) is 18.3 Å². The minimum Gasteiger partial charge on any atom is -0.396 e. The van der Waals surface area contributed by atoms with Gasteiger partial charge in [-0.2, -0.15) is 0 Å². The third-order valence-electron chi connectivity index (χ3n) is 4.38. The van der Waals surface area contributed by atoms with Gasteiger partial charge in [0, 0.05) is 24.6 Å². The van der Waals surface area contributed by atoms with Crippen molar-refractivity contribution in [2.75, 3.05) is 13.2 Å². The Balaban J connectivity index is 1.99. The molecule has 0 radical (unpaired) electrons. The number of benzene rings is 1. The summed E-state index contributed by atoms with van der Waals surface area (Å²) in [6.45, 7) is 3.17. The maximum atomic E-state index is 13.3. The lowest BCUT2D eigenvalue weighted by Crippen LogP contribution is -2.37. The van der Waals surface area contributed by atoms with Gasteiger partial charge < -0.3 is 10.4 Å². The molecule has 3 heteroatoms. The van der Waals surface area contributed by atoms with Gasteiger partial charge in [0.2, 0.25) is 0 Å². The minimum atomic E-state index is -0.185. The van der Waals surface area contributed by atoms with Gasteiger partial charge in [0.05, 0.1) is 0 Å². The molecule has 0 heterocycles. The fourth-order valence-corrected chi connectivity index (χ4v) is 3.08. The fourth-order valence-electron chi connectivity index (χ4n) is 3.08. The van der Waals surface area contributed by atoms with Crippen LogP contribution < -0.4 is 5.32 Å². The molecule has 106 valence electrons. The molecule has 2 rings (SSSR count). The molecule has 1 aliphatic carbocycles. The van der Waals surface area contributed by atoms with Gasteiger partial charge in [0.1, 0.15) is 5.82 Å². The van der Waals surface area contributed by atoms with Crippen molar-refractivity contribution >= 4 is 0 Å². The first-order valence-corrected chi connectivity index (χ1v) is 7.29. The maximum absolute atomic E-state index is 13.3. The van der Waals surface area contributed by atoms with Crippen molar-refractivity contribution in [3.63, 3.8) is 0 Å². The standard InChI is InChI=1S/C16H24FNO/c1-2-15(13-6-5-7-14(17)10-13)18-11-16(12-19)8-3-4-9-16/h5-7,10,15,18-19H,2-4,8-9,11-12H2,1H3. The van der Waals surface area contributed by atoms with Gasteiger partial charge in [-0.15, -0.1) is 0 Å². The Hall–Kier alpha value is -0.930. The molecule has 1 saturated carbocycles. The number of aliphatic hydroxyl groups excluding tert-OH is 1. The lowest BCUT2D eigenvalue weighted by atomic mass is 9.86. The molecule has 0 spiro atoms. The molecule has 1 unspecified atom stereocenters. The summed E-state index contributed by atoms with van der Waals surface area (Å²) in [5, 5.41) is 13.1. The van der Waals surface area contributed by atoms with Crippen molar-refractivity contribution in [2.24, 2.45) is 5.41 Å². The zero-order valence-electron chi connectivity index (χ0n) is 11.7. The minimum absolute atomic E-state index is 0.0424. The molecule has 0 saturated heterocycles. The maximum Gasteiger partial charge on any atom is 0.123 e. The molecule has 0 aromatic heterocycles. The molecule has 1 atom stereocenters. The lowest BCUT2D eigenvalue weighted by molar-refractivity contribution is 0.124. The van der Waals surface area contributed by atoms with Crippen molar-refractivity contribution < 1.29 is 9.50 Å². The van der Waals surface area contributed by atoms with Crippen LogP contribution in [0.1, 0.15) is 50.6 Å². The lowest BCUT2D eigenvalue weighted by Gasteiger charge is -2.29. The highest BCUT2D eigenvalue weighted by molar-refractivity contribution is 5.20. The first-order valence-electron chi connectivity index (χ1n) is 7.29. The molecule has 0 bridgehead atoms. The highest BCUT2D eigenvalue weighted by atomic mass is 19.1. The number of hydrogen-bond acceptors (Lipinski definition) is 2. The number of hydrogen-bond donors (Lipinski definition) is 2. The van der Waals surface area contributed by atoms with Gasteiger partial charge in [0.15, 0.2) is 0 Å². The molecule has 0 aliphatic heterocycles. The summed E-state index contributed by atoms with van der Waals surface area (Å²) < 4.78 is 13.3. The van der Waals surface area contributed by atoms with E-state index >= 15 is 0 Å². The van der Waals surface area contributed by atoms with Crippen LogP contribution in [0, 0.1) is 11.2 Å².